The average molecular weight is 543 g/mol. The summed E-state index contributed by atoms with van der Waals surface area (Å²) in [6, 6.07) is 7.46. The van der Waals surface area contributed by atoms with Crippen LogP contribution < -0.4 is 16.4 Å². The van der Waals surface area contributed by atoms with E-state index >= 15 is 0 Å². The molecule has 7 N–H and O–H groups in total. The van der Waals surface area contributed by atoms with Crippen LogP contribution in [0, 0.1) is 0 Å². The second-order valence-corrected chi connectivity index (χ2v) is 10.7. The molecule has 13 heteroatoms. The lowest BCUT2D eigenvalue weighted by Crippen LogP contribution is -2.42. The molecular formula is C26H38N8O5. The zero-order valence-corrected chi connectivity index (χ0v) is 22.5. The van der Waals surface area contributed by atoms with E-state index in [0.717, 1.165) is 0 Å². The molecule has 3 heterocycles. The number of aliphatic hydroxyl groups is 3. The second kappa shape index (κ2) is 12.2. The fourth-order valence-corrected chi connectivity index (χ4v) is 4.59. The van der Waals surface area contributed by atoms with Crippen molar-refractivity contribution in [2.24, 2.45) is 0 Å². The van der Waals surface area contributed by atoms with Crippen LogP contribution in [0.2, 0.25) is 0 Å². The van der Waals surface area contributed by atoms with Crippen LogP contribution in [0.3, 0.4) is 0 Å². The number of fused-ring (bicyclic) bond motifs is 1. The van der Waals surface area contributed by atoms with Gasteiger partial charge in [-0.25, -0.2) is 19.7 Å². The van der Waals surface area contributed by atoms with E-state index in [0.29, 0.717) is 42.9 Å². The van der Waals surface area contributed by atoms with Crippen LogP contribution in [-0.4, -0.2) is 96.9 Å². The normalized spacial score (nSPS) is 21.5. The number of aliphatic hydroxyl groups excluding tert-OH is 3. The summed E-state index contributed by atoms with van der Waals surface area (Å²) in [6.07, 6.45) is -0.675. The van der Waals surface area contributed by atoms with Gasteiger partial charge in [0.25, 0.3) is 0 Å². The van der Waals surface area contributed by atoms with Gasteiger partial charge in [-0.1, -0.05) is 32.9 Å². The van der Waals surface area contributed by atoms with Crippen LogP contribution in [0.1, 0.15) is 39.0 Å². The molecule has 0 bridgehead atoms. The molecule has 13 nitrogen and oxygen atoms in total. The van der Waals surface area contributed by atoms with E-state index in [1.807, 2.05) is 29.2 Å². The number of nitrogens with two attached hydrogens (primary N) is 1. The van der Waals surface area contributed by atoms with Gasteiger partial charge in [-0.3, -0.25) is 9.47 Å². The quantitative estimate of drug-likeness (QED) is 0.201. The number of ether oxygens (including phenoxy) is 1. The maximum atomic E-state index is 12.3. The molecule has 39 heavy (non-hydrogen) atoms. The van der Waals surface area contributed by atoms with Gasteiger partial charge in [0.15, 0.2) is 17.7 Å². The highest BCUT2D eigenvalue weighted by Crippen LogP contribution is 2.32. The SMILES string of the molecule is CC(C)(C)c1ccc(NC(=O)NCCCN(CCO)CC2OC(n3cnc4c(N)ncnc43)[C@@H](O)[C@H]2O)cc1. The van der Waals surface area contributed by atoms with E-state index in [9.17, 15) is 20.1 Å². The van der Waals surface area contributed by atoms with Crippen molar-refractivity contribution in [2.75, 3.05) is 43.8 Å². The minimum Gasteiger partial charge on any atom is -0.395 e. The molecule has 2 amide bonds. The molecule has 4 rings (SSSR count). The van der Waals surface area contributed by atoms with Gasteiger partial charge in [0.1, 0.15) is 30.2 Å². The van der Waals surface area contributed by atoms with Crippen molar-refractivity contribution in [3.05, 3.63) is 42.5 Å². The lowest BCUT2D eigenvalue weighted by molar-refractivity contribution is -0.0451. The minimum atomic E-state index is -1.22. The van der Waals surface area contributed by atoms with Gasteiger partial charge >= 0.3 is 6.03 Å². The molecule has 212 valence electrons. The maximum Gasteiger partial charge on any atom is 0.319 e. The Morgan fingerprint density at radius 1 is 1.13 bits per heavy atom. The Labute approximate surface area is 227 Å². The molecule has 1 aliphatic heterocycles. The van der Waals surface area contributed by atoms with Crippen LogP contribution in [-0.2, 0) is 10.2 Å². The van der Waals surface area contributed by atoms with Gasteiger partial charge in [0.2, 0.25) is 0 Å². The largest absolute Gasteiger partial charge is 0.395 e. The number of urea groups is 1. The predicted octanol–water partition coefficient (Wildman–Crippen LogP) is 0.831. The van der Waals surface area contributed by atoms with Crippen molar-refractivity contribution in [3.8, 4) is 0 Å². The van der Waals surface area contributed by atoms with E-state index < -0.39 is 24.5 Å². The summed E-state index contributed by atoms with van der Waals surface area (Å²) in [5.74, 6) is 0.207. The Hall–Kier alpha value is -3.36. The molecule has 0 radical (unpaired) electrons. The van der Waals surface area contributed by atoms with Gasteiger partial charge in [0, 0.05) is 31.9 Å². The lowest BCUT2D eigenvalue weighted by atomic mass is 9.87. The van der Waals surface area contributed by atoms with E-state index in [1.54, 1.807) is 0 Å². The summed E-state index contributed by atoms with van der Waals surface area (Å²) in [6.45, 7) is 7.88. The zero-order valence-electron chi connectivity index (χ0n) is 22.5. The van der Waals surface area contributed by atoms with E-state index in [2.05, 4.69) is 46.4 Å². The molecule has 2 aromatic heterocycles. The number of anilines is 2. The number of rotatable bonds is 10. The molecule has 2 unspecified atom stereocenters. The first-order chi connectivity index (χ1) is 18.6. The third-order valence-electron chi connectivity index (χ3n) is 6.80. The van der Waals surface area contributed by atoms with Crippen LogP contribution in [0.25, 0.3) is 11.2 Å². The predicted molar refractivity (Wildman–Crippen MR) is 146 cm³/mol. The van der Waals surface area contributed by atoms with Crippen LogP contribution in [0.4, 0.5) is 16.3 Å². The molecule has 1 saturated heterocycles. The molecule has 1 fully saturated rings. The Morgan fingerprint density at radius 2 is 1.87 bits per heavy atom. The number of imidazole rings is 1. The molecule has 4 atom stereocenters. The summed E-state index contributed by atoms with van der Waals surface area (Å²) in [5.41, 5.74) is 8.56. The Balaban J connectivity index is 1.27. The summed E-state index contributed by atoms with van der Waals surface area (Å²) < 4.78 is 7.54. The second-order valence-electron chi connectivity index (χ2n) is 10.7. The van der Waals surface area contributed by atoms with Gasteiger partial charge in [0.05, 0.1) is 12.9 Å². The first-order valence-corrected chi connectivity index (χ1v) is 13.0. The topological polar surface area (TPSA) is 184 Å². The van der Waals surface area contributed by atoms with Gasteiger partial charge in [-0.2, -0.15) is 0 Å². The number of benzene rings is 1. The van der Waals surface area contributed by atoms with Crippen LogP contribution in [0.15, 0.2) is 36.9 Å². The molecule has 3 aromatic rings. The fourth-order valence-electron chi connectivity index (χ4n) is 4.59. The molecule has 0 spiro atoms. The zero-order chi connectivity index (χ0) is 28.2. The molecule has 0 aliphatic carbocycles. The summed E-state index contributed by atoms with van der Waals surface area (Å²) in [4.78, 5) is 26.5. The number of amides is 2. The van der Waals surface area contributed by atoms with Crippen molar-refractivity contribution in [3.63, 3.8) is 0 Å². The average Bonchev–Trinajstić information content (AvgIpc) is 3.44. The lowest BCUT2D eigenvalue weighted by Gasteiger charge is -2.26. The van der Waals surface area contributed by atoms with Crippen molar-refractivity contribution in [1.29, 1.82) is 0 Å². The van der Waals surface area contributed by atoms with Gasteiger partial charge in [-0.15, -0.1) is 0 Å². The van der Waals surface area contributed by atoms with Crippen LogP contribution in [0.5, 0.6) is 0 Å². The van der Waals surface area contributed by atoms with E-state index in [4.69, 9.17) is 10.5 Å². The monoisotopic (exact) mass is 542 g/mol. The molecular weight excluding hydrogens is 504 g/mol. The Morgan fingerprint density at radius 3 is 2.56 bits per heavy atom. The minimum absolute atomic E-state index is 0.0388. The molecule has 1 aliphatic rings. The number of nitrogen functional groups attached to an aromatic ring is 1. The van der Waals surface area contributed by atoms with Gasteiger partial charge in [-0.05, 0) is 29.5 Å². The highest BCUT2D eigenvalue weighted by atomic mass is 16.6. The first-order valence-electron chi connectivity index (χ1n) is 13.0. The maximum absolute atomic E-state index is 12.3. The third-order valence-corrected chi connectivity index (χ3v) is 6.80. The number of nitrogens with zero attached hydrogens (tertiary/aromatic N) is 5. The summed E-state index contributed by atoms with van der Waals surface area (Å²) in [5, 5.41) is 36.6. The van der Waals surface area contributed by atoms with Crippen molar-refractivity contribution in [2.45, 2.75) is 57.1 Å². The number of carbonyl (C=O) groups excluding carboxylic acids is 1. The third kappa shape index (κ3) is 6.81. The van der Waals surface area contributed by atoms with Crippen molar-refractivity contribution in [1.82, 2.24) is 29.7 Å². The smallest absolute Gasteiger partial charge is 0.319 e. The summed E-state index contributed by atoms with van der Waals surface area (Å²) >= 11 is 0. The van der Waals surface area contributed by atoms with E-state index in [-0.39, 0.29) is 30.4 Å². The molecule has 1 aromatic carbocycles. The van der Waals surface area contributed by atoms with Crippen LogP contribution >= 0.6 is 0 Å². The number of carbonyl (C=O) groups is 1. The highest BCUT2D eigenvalue weighted by molar-refractivity contribution is 5.89. The first kappa shape index (κ1) is 28.6. The van der Waals surface area contributed by atoms with Crippen molar-refractivity contribution >= 4 is 28.7 Å². The number of hydrogen-bond donors (Lipinski definition) is 6. The molecule has 0 saturated carbocycles. The Kier molecular flexibility index (Phi) is 8.97. The Bertz CT molecular complexity index is 1250. The number of nitrogens with one attached hydrogen (secondary N) is 2. The number of aromatic nitrogens is 4. The van der Waals surface area contributed by atoms with Gasteiger partial charge < -0.3 is 36.4 Å². The fraction of sp³-hybridized carbons (Fsp3) is 0.538. The highest BCUT2D eigenvalue weighted by Gasteiger charge is 2.44. The summed E-state index contributed by atoms with van der Waals surface area (Å²) in [7, 11) is 0. The standard InChI is InChI=1S/C26H38N8O5/c1-26(2,3)16-5-7-17(8-6-16)32-25(38)28-9-4-10-33(11-12-35)13-18-20(36)21(37)24(39-18)34-15-31-19-22(27)29-14-30-23(19)34/h5-8,14-15,18,20-21,24,35-37H,4,9-13H2,1-3H3,(H2,27,29,30)(H2,28,32,38)/t18?,20-,21-,24?/m0/s1. The van der Waals surface area contributed by atoms with Crippen molar-refractivity contribution < 1.29 is 24.9 Å². The van der Waals surface area contributed by atoms with E-state index in [1.165, 1.54) is 22.8 Å². The number of hydrogen-bond acceptors (Lipinski definition) is 10.